The highest BCUT2D eigenvalue weighted by atomic mass is 16.2. The van der Waals surface area contributed by atoms with Gasteiger partial charge in [-0.3, -0.25) is 0 Å². The molecule has 1 rings (SSSR count). The molecule has 4 heteroatoms. The summed E-state index contributed by atoms with van der Waals surface area (Å²) >= 11 is 0. The number of nitrogens with two attached hydrogens (primary N) is 1. The van der Waals surface area contributed by atoms with Gasteiger partial charge in [0.05, 0.1) is 0 Å². The van der Waals surface area contributed by atoms with Crippen molar-refractivity contribution in [1.29, 1.82) is 0 Å². The maximum absolute atomic E-state index is 11.7. The molecule has 0 aromatic heterocycles. The van der Waals surface area contributed by atoms with Gasteiger partial charge in [-0.15, -0.1) is 0 Å². The molecule has 4 nitrogen and oxygen atoms in total. The average molecular weight is 199 g/mol. The molecule has 0 aliphatic carbocycles. The van der Waals surface area contributed by atoms with Gasteiger partial charge in [0.1, 0.15) is 0 Å². The van der Waals surface area contributed by atoms with Crippen LogP contribution in [0.2, 0.25) is 0 Å². The van der Waals surface area contributed by atoms with Crippen molar-refractivity contribution in [3.05, 3.63) is 0 Å². The van der Waals surface area contributed by atoms with E-state index in [0.717, 1.165) is 19.5 Å². The van der Waals surface area contributed by atoms with Crippen LogP contribution in [-0.2, 0) is 0 Å². The molecule has 1 aliphatic rings. The highest BCUT2D eigenvalue weighted by molar-refractivity contribution is 5.75. The summed E-state index contributed by atoms with van der Waals surface area (Å²) in [7, 11) is 1.86. The second kappa shape index (κ2) is 4.64. The minimum Gasteiger partial charge on any atom is -0.330 e. The first-order valence-corrected chi connectivity index (χ1v) is 5.28. The van der Waals surface area contributed by atoms with Crippen molar-refractivity contribution in [2.24, 2.45) is 11.7 Å². The monoisotopic (exact) mass is 199 g/mol. The molecule has 14 heavy (non-hydrogen) atoms. The molecule has 1 saturated heterocycles. The molecule has 1 aliphatic heterocycles. The molecule has 82 valence electrons. The summed E-state index contributed by atoms with van der Waals surface area (Å²) in [6.45, 7) is 6.52. The number of carbonyl (C=O) groups is 1. The molecular formula is C10H21N3O. The van der Waals surface area contributed by atoms with Crippen LogP contribution in [0.1, 0.15) is 20.3 Å². The fraction of sp³-hybridized carbons (Fsp3) is 0.900. The second-order valence-electron chi connectivity index (χ2n) is 4.35. The fourth-order valence-corrected chi connectivity index (χ4v) is 1.95. The lowest BCUT2D eigenvalue weighted by atomic mass is 10.0. The summed E-state index contributed by atoms with van der Waals surface area (Å²) in [5.74, 6) is 0.532. The summed E-state index contributed by atoms with van der Waals surface area (Å²) in [4.78, 5) is 15.5. The van der Waals surface area contributed by atoms with Crippen molar-refractivity contribution >= 4 is 6.03 Å². The Morgan fingerprint density at radius 2 is 2.14 bits per heavy atom. The van der Waals surface area contributed by atoms with E-state index >= 15 is 0 Å². The van der Waals surface area contributed by atoms with E-state index in [1.807, 2.05) is 11.9 Å². The maximum Gasteiger partial charge on any atom is 0.319 e. The summed E-state index contributed by atoms with van der Waals surface area (Å²) in [6, 6.07) is 0.429. The molecule has 0 aromatic carbocycles. The molecule has 1 fully saturated rings. The molecule has 0 spiro atoms. The van der Waals surface area contributed by atoms with Crippen LogP contribution in [0.5, 0.6) is 0 Å². The average Bonchev–Trinajstić information content (AvgIpc) is 2.11. The van der Waals surface area contributed by atoms with Gasteiger partial charge in [-0.2, -0.15) is 0 Å². The zero-order valence-electron chi connectivity index (χ0n) is 9.36. The highest BCUT2D eigenvalue weighted by Gasteiger charge is 2.30. The Kier molecular flexibility index (Phi) is 3.75. The van der Waals surface area contributed by atoms with E-state index in [9.17, 15) is 4.79 Å². The molecule has 2 N–H and O–H groups in total. The third-order valence-corrected chi connectivity index (χ3v) is 2.76. The SMILES string of the molecule is CC(C)N1CC(CCN)CN(C)C1=O. The van der Waals surface area contributed by atoms with Crippen molar-refractivity contribution < 1.29 is 4.79 Å². The lowest BCUT2D eigenvalue weighted by Crippen LogP contribution is -2.54. The van der Waals surface area contributed by atoms with E-state index in [1.54, 1.807) is 4.90 Å². The van der Waals surface area contributed by atoms with Gasteiger partial charge in [-0.1, -0.05) is 0 Å². The van der Waals surface area contributed by atoms with Crippen LogP contribution in [0.15, 0.2) is 0 Å². The number of rotatable bonds is 3. The number of amides is 2. The number of urea groups is 1. The third kappa shape index (κ3) is 2.38. The summed E-state index contributed by atoms with van der Waals surface area (Å²) in [6.07, 6.45) is 1.00. The molecule has 1 heterocycles. The predicted molar refractivity (Wildman–Crippen MR) is 57.0 cm³/mol. The Hall–Kier alpha value is -0.770. The summed E-state index contributed by atoms with van der Waals surface area (Å²) < 4.78 is 0. The second-order valence-corrected chi connectivity index (χ2v) is 4.35. The van der Waals surface area contributed by atoms with E-state index in [4.69, 9.17) is 5.73 Å². The lowest BCUT2D eigenvalue weighted by molar-refractivity contribution is 0.0983. The van der Waals surface area contributed by atoms with E-state index in [2.05, 4.69) is 13.8 Å². The number of hydrogen-bond donors (Lipinski definition) is 1. The van der Waals surface area contributed by atoms with Gasteiger partial charge in [-0.25, -0.2) is 4.79 Å². The molecule has 0 aromatic rings. The summed E-state index contributed by atoms with van der Waals surface area (Å²) in [5.41, 5.74) is 5.54. The minimum atomic E-state index is 0.147. The Labute approximate surface area is 86.0 Å². The van der Waals surface area contributed by atoms with Crippen molar-refractivity contribution in [2.45, 2.75) is 26.3 Å². The Morgan fingerprint density at radius 3 is 2.64 bits per heavy atom. The van der Waals surface area contributed by atoms with Gasteiger partial charge >= 0.3 is 6.03 Å². The number of hydrogen-bond acceptors (Lipinski definition) is 2. The smallest absolute Gasteiger partial charge is 0.319 e. The fourth-order valence-electron chi connectivity index (χ4n) is 1.95. The standard InChI is InChI=1S/C10H21N3O/c1-8(2)13-7-9(4-5-11)6-12(3)10(13)14/h8-9H,4-7,11H2,1-3H3. The normalized spacial score (nSPS) is 23.5. The number of carbonyl (C=O) groups excluding carboxylic acids is 1. The summed E-state index contributed by atoms with van der Waals surface area (Å²) in [5, 5.41) is 0. The van der Waals surface area contributed by atoms with Gasteiger partial charge in [0, 0.05) is 26.2 Å². The maximum atomic E-state index is 11.7. The molecular weight excluding hydrogens is 178 g/mol. The highest BCUT2D eigenvalue weighted by Crippen LogP contribution is 2.17. The van der Waals surface area contributed by atoms with Crippen molar-refractivity contribution in [2.75, 3.05) is 26.7 Å². The van der Waals surface area contributed by atoms with Crippen molar-refractivity contribution in [3.63, 3.8) is 0 Å². The van der Waals surface area contributed by atoms with Gasteiger partial charge < -0.3 is 15.5 Å². The first-order valence-electron chi connectivity index (χ1n) is 5.28. The predicted octanol–water partition coefficient (Wildman–Crippen LogP) is 0.727. The molecule has 0 saturated carbocycles. The zero-order valence-corrected chi connectivity index (χ0v) is 9.36. The van der Waals surface area contributed by atoms with Gasteiger partial charge in [0.2, 0.25) is 0 Å². The third-order valence-electron chi connectivity index (χ3n) is 2.76. The van der Waals surface area contributed by atoms with Crippen LogP contribution in [0.25, 0.3) is 0 Å². The Morgan fingerprint density at radius 1 is 1.50 bits per heavy atom. The van der Waals surface area contributed by atoms with E-state index in [1.165, 1.54) is 0 Å². The van der Waals surface area contributed by atoms with Gasteiger partial charge in [0.25, 0.3) is 0 Å². The Balaban J connectivity index is 2.61. The van der Waals surface area contributed by atoms with Crippen LogP contribution in [0, 0.1) is 5.92 Å². The van der Waals surface area contributed by atoms with Crippen LogP contribution in [-0.4, -0.2) is 48.6 Å². The van der Waals surface area contributed by atoms with Crippen LogP contribution < -0.4 is 5.73 Å². The quantitative estimate of drug-likeness (QED) is 0.728. The Bertz CT molecular complexity index is 206. The number of nitrogens with zero attached hydrogens (tertiary/aromatic N) is 2. The molecule has 2 amide bonds. The lowest BCUT2D eigenvalue weighted by Gasteiger charge is -2.40. The molecule has 0 bridgehead atoms. The van der Waals surface area contributed by atoms with Gasteiger partial charge in [-0.05, 0) is 32.7 Å². The molecule has 0 radical (unpaired) electrons. The van der Waals surface area contributed by atoms with E-state index in [0.29, 0.717) is 12.5 Å². The first-order chi connectivity index (χ1) is 6.56. The van der Waals surface area contributed by atoms with Crippen molar-refractivity contribution in [1.82, 2.24) is 9.80 Å². The van der Waals surface area contributed by atoms with E-state index < -0.39 is 0 Å². The topological polar surface area (TPSA) is 49.6 Å². The largest absolute Gasteiger partial charge is 0.330 e. The van der Waals surface area contributed by atoms with Crippen LogP contribution in [0.3, 0.4) is 0 Å². The van der Waals surface area contributed by atoms with Gasteiger partial charge in [0.15, 0.2) is 0 Å². The molecule has 1 atom stereocenters. The molecule has 1 unspecified atom stereocenters. The first kappa shape index (κ1) is 11.3. The minimum absolute atomic E-state index is 0.147. The van der Waals surface area contributed by atoms with Crippen molar-refractivity contribution in [3.8, 4) is 0 Å². The van der Waals surface area contributed by atoms with E-state index in [-0.39, 0.29) is 12.1 Å². The van der Waals surface area contributed by atoms with Crippen LogP contribution >= 0.6 is 0 Å². The van der Waals surface area contributed by atoms with Crippen LogP contribution in [0.4, 0.5) is 4.79 Å². The zero-order chi connectivity index (χ0) is 10.7.